The summed E-state index contributed by atoms with van der Waals surface area (Å²) >= 11 is 0. The van der Waals surface area contributed by atoms with Crippen LogP contribution in [0.4, 0.5) is 5.69 Å². The highest BCUT2D eigenvalue weighted by Gasteiger charge is 2.18. The number of aromatic hydroxyl groups is 1. The number of azo groups is 1. The fourth-order valence-electron chi connectivity index (χ4n) is 3.04. The highest BCUT2D eigenvalue weighted by atomic mass is 16.7. The quantitative estimate of drug-likeness (QED) is 0.478. The second kappa shape index (κ2) is 8.39. The Morgan fingerprint density at radius 1 is 0.897 bits per heavy atom. The molecule has 4 aromatic rings. The fraction of sp³-hybridized carbons (Fsp3) is 0.0870. The van der Waals surface area contributed by atoms with Crippen LogP contribution in [0.1, 0.15) is 15.9 Å². The highest BCUT2D eigenvalue weighted by Crippen LogP contribution is 2.38. The third-order valence-corrected chi connectivity index (χ3v) is 4.50. The van der Waals surface area contributed by atoms with E-state index in [2.05, 4.69) is 10.2 Å². The van der Waals surface area contributed by atoms with E-state index in [0.29, 0.717) is 29.5 Å². The van der Waals surface area contributed by atoms with E-state index in [1.165, 1.54) is 4.73 Å². The van der Waals surface area contributed by atoms with Gasteiger partial charge in [0.25, 0.3) is 11.8 Å². The SMILES string of the molecule is O=C(N=Nc1c(O)n(OCCc2ccccc2)c2ccccc12)c1ccccc1. The molecule has 144 valence electrons. The van der Waals surface area contributed by atoms with Crippen LogP contribution < -0.4 is 4.84 Å². The maximum absolute atomic E-state index is 12.2. The minimum absolute atomic E-state index is 0.191. The number of para-hydroxylation sites is 1. The van der Waals surface area contributed by atoms with Gasteiger partial charge in [0, 0.05) is 17.4 Å². The van der Waals surface area contributed by atoms with Crippen LogP contribution in [-0.2, 0) is 6.42 Å². The van der Waals surface area contributed by atoms with E-state index in [1.807, 2.05) is 54.6 Å². The molecule has 4 rings (SSSR count). The summed E-state index contributed by atoms with van der Waals surface area (Å²) in [5, 5.41) is 19.1. The molecular weight excluding hydrogens is 366 g/mol. The van der Waals surface area contributed by atoms with E-state index < -0.39 is 5.91 Å². The van der Waals surface area contributed by atoms with E-state index in [4.69, 9.17) is 4.84 Å². The van der Waals surface area contributed by atoms with E-state index in [-0.39, 0.29) is 11.6 Å². The van der Waals surface area contributed by atoms with Crippen LogP contribution >= 0.6 is 0 Å². The molecule has 1 aromatic heterocycles. The average Bonchev–Trinajstić information content (AvgIpc) is 3.04. The molecule has 0 aliphatic rings. The van der Waals surface area contributed by atoms with Crippen LogP contribution in [0.2, 0.25) is 0 Å². The van der Waals surface area contributed by atoms with Crippen molar-refractivity contribution in [2.45, 2.75) is 6.42 Å². The van der Waals surface area contributed by atoms with Gasteiger partial charge < -0.3 is 9.94 Å². The number of carbonyl (C=O) groups is 1. The summed E-state index contributed by atoms with van der Waals surface area (Å²) in [4.78, 5) is 18.0. The third-order valence-electron chi connectivity index (χ3n) is 4.50. The van der Waals surface area contributed by atoms with Crippen molar-refractivity contribution in [2.24, 2.45) is 10.2 Å². The normalized spacial score (nSPS) is 11.2. The summed E-state index contributed by atoms with van der Waals surface area (Å²) in [5.74, 6) is -0.671. The predicted molar refractivity (Wildman–Crippen MR) is 110 cm³/mol. The molecular formula is C23H19N3O3. The Morgan fingerprint density at radius 3 is 2.31 bits per heavy atom. The first-order valence-corrected chi connectivity index (χ1v) is 9.25. The number of hydrogen-bond acceptors (Lipinski definition) is 4. The van der Waals surface area contributed by atoms with Crippen LogP contribution in [0.15, 0.2) is 95.2 Å². The Bertz CT molecular complexity index is 1150. The molecule has 0 atom stereocenters. The van der Waals surface area contributed by atoms with Crippen molar-refractivity contribution in [1.29, 1.82) is 0 Å². The van der Waals surface area contributed by atoms with Crippen LogP contribution in [0.3, 0.4) is 0 Å². The zero-order valence-corrected chi connectivity index (χ0v) is 15.6. The van der Waals surface area contributed by atoms with Gasteiger partial charge >= 0.3 is 0 Å². The van der Waals surface area contributed by atoms with Gasteiger partial charge in [-0.2, -0.15) is 0 Å². The molecule has 0 spiro atoms. The first-order chi connectivity index (χ1) is 14.2. The number of aromatic nitrogens is 1. The lowest BCUT2D eigenvalue weighted by Gasteiger charge is -2.09. The highest BCUT2D eigenvalue weighted by molar-refractivity contribution is 5.97. The van der Waals surface area contributed by atoms with Gasteiger partial charge in [0.2, 0.25) is 0 Å². The van der Waals surface area contributed by atoms with Crippen molar-refractivity contribution in [1.82, 2.24) is 4.73 Å². The lowest BCUT2D eigenvalue weighted by atomic mass is 10.2. The fourth-order valence-corrected chi connectivity index (χ4v) is 3.04. The molecule has 6 heteroatoms. The molecule has 1 heterocycles. The molecule has 6 nitrogen and oxygen atoms in total. The molecule has 29 heavy (non-hydrogen) atoms. The summed E-state index contributed by atoms with van der Waals surface area (Å²) in [6.45, 7) is 0.371. The zero-order valence-electron chi connectivity index (χ0n) is 15.6. The smallest absolute Gasteiger partial charge is 0.295 e. The summed E-state index contributed by atoms with van der Waals surface area (Å²) in [6, 6.07) is 25.9. The minimum atomic E-state index is -0.480. The van der Waals surface area contributed by atoms with Gasteiger partial charge in [-0.05, 0) is 23.8 Å². The molecule has 0 unspecified atom stereocenters. The van der Waals surface area contributed by atoms with Crippen molar-refractivity contribution < 1.29 is 14.7 Å². The van der Waals surface area contributed by atoms with E-state index in [9.17, 15) is 9.90 Å². The lowest BCUT2D eigenvalue weighted by Crippen LogP contribution is -2.13. The van der Waals surface area contributed by atoms with Gasteiger partial charge in [0.15, 0.2) is 5.69 Å². The van der Waals surface area contributed by atoms with Gasteiger partial charge in [-0.3, -0.25) is 4.79 Å². The molecule has 1 N–H and O–H groups in total. The summed E-state index contributed by atoms with van der Waals surface area (Å²) < 4.78 is 1.33. The van der Waals surface area contributed by atoms with Gasteiger partial charge in [-0.25, -0.2) is 0 Å². The average molecular weight is 385 g/mol. The molecule has 3 aromatic carbocycles. The molecule has 0 bridgehead atoms. The molecule has 0 fully saturated rings. The number of amides is 1. The van der Waals surface area contributed by atoms with E-state index >= 15 is 0 Å². The molecule has 0 saturated heterocycles. The monoisotopic (exact) mass is 385 g/mol. The summed E-state index contributed by atoms with van der Waals surface area (Å²) in [5.41, 5.74) is 2.42. The Kier molecular flexibility index (Phi) is 5.33. The second-order valence-electron chi connectivity index (χ2n) is 6.42. The van der Waals surface area contributed by atoms with Crippen molar-refractivity contribution in [3.63, 3.8) is 0 Å². The number of nitrogens with zero attached hydrogens (tertiary/aromatic N) is 3. The van der Waals surface area contributed by atoms with Crippen LogP contribution in [-0.4, -0.2) is 22.4 Å². The zero-order chi connectivity index (χ0) is 20.1. The van der Waals surface area contributed by atoms with Crippen molar-refractivity contribution >= 4 is 22.5 Å². The van der Waals surface area contributed by atoms with Crippen molar-refractivity contribution in [3.8, 4) is 5.88 Å². The van der Waals surface area contributed by atoms with E-state index in [1.54, 1.807) is 30.3 Å². The second-order valence-corrected chi connectivity index (χ2v) is 6.42. The van der Waals surface area contributed by atoms with Crippen LogP contribution in [0.5, 0.6) is 5.88 Å². The van der Waals surface area contributed by atoms with Gasteiger partial charge in [-0.15, -0.1) is 15.0 Å². The molecule has 0 radical (unpaired) electrons. The Morgan fingerprint density at radius 2 is 1.55 bits per heavy atom. The largest absolute Gasteiger partial charge is 0.491 e. The number of fused-ring (bicyclic) bond motifs is 1. The Hall–Kier alpha value is -3.93. The molecule has 1 amide bonds. The predicted octanol–water partition coefficient (Wildman–Crippen LogP) is 4.94. The topological polar surface area (TPSA) is 76.2 Å². The molecule has 0 saturated carbocycles. The maximum atomic E-state index is 12.2. The third kappa shape index (κ3) is 4.01. The summed E-state index contributed by atoms with van der Waals surface area (Å²) in [7, 11) is 0. The molecule has 0 aliphatic heterocycles. The maximum Gasteiger partial charge on any atom is 0.295 e. The molecule has 0 aliphatic carbocycles. The number of carbonyl (C=O) groups excluding carboxylic acids is 1. The summed E-state index contributed by atoms with van der Waals surface area (Å²) in [6.07, 6.45) is 0.691. The number of hydrogen-bond donors (Lipinski definition) is 1. The van der Waals surface area contributed by atoms with Gasteiger partial charge in [-0.1, -0.05) is 66.7 Å². The van der Waals surface area contributed by atoms with E-state index in [0.717, 1.165) is 5.56 Å². The number of benzene rings is 3. The lowest BCUT2D eigenvalue weighted by molar-refractivity contribution is 0.0993. The van der Waals surface area contributed by atoms with Crippen molar-refractivity contribution in [2.75, 3.05) is 6.61 Å². The van der Waals surface area contributed by atoms with Crippen LogP contribution in [0.25, 0.3) is 10.9 Å². The Labute approximate surface area is 167 Å². The van der Waals surface area contributed by atoms with Gasteiger partial charge in [0.05, 0.1) is 5.52 Å². The first-order valence-electron chi connectivity index (χ1n) is 9.25. The number of rotatable bonds is 6. The van der Waals surface area contributed by atoms with Crippen molar-refractivity contribution in [3.05, 3.63) is 96.1 Å². The first kappa shape index (κ1) is 18.4. The van der Waals surface area contributed by atoms with Gasteiger partial charge in [0.1, 0.15) is 6.61 Å². The Balaban J connectivity index is 1.59. The minimum Gasteiger partial charge on any atom is -0.491 e. The standard InChI is InChI=1S/C23H19N3O3/c27-22(18-11-5-2-6-12-18)25-24-21-19-13-7-8-14-20(19)26(23(21)28)29-16-15-17-9-3-1-4-10-17/h1-14,28H,15-16H2. The van der Waals surface area contributed by atoms with Crippen LogP contribution in [0, 0.1) is 0 Å².